The van der Waals surface area contributed by atoms with Gasteiger partial charge in [0.1, 0.15) is 0 Å². The molecule has 1 aliphatic carbocycles. The maximum absolute atomic E-state index is 4.36. The minimum Gasteiger partial charge on any atom is -0.257 e. The van der Waals surface area contributed by atoms with Crippen molar-refractivity contribution in [3.63, 3.8) is 0 Å². The zero-order valence-electron chi connectivity index (χ0n) is 7.77. The average molecular weight is 182 g/mol. The largest absolute Gasteiger partial charge is 0.257 e. The molecule has 0 aliphatic heterocycles. The van der Waals surface area contributed by atoms with Crippen molar-refractivity contribution in [3.05, 3.63) is 59.2 Å². The van der Waals surface area contributed by atoms with E-state index in [-0.39, 0.29) is 0 Å². The van der Waals surface area contributed by atoms with Crippen molar-refractivity contribution in [2.24, 2.45) is 0 Å². The van der Waals surface area contributed by atoms with E-state index >= 15 is 0 Å². The lowest BCUT2D eigenvalue weighted by molar-refractivity contribution is 0.886. The van der Waals surface area contributed by atoms with Crippen LogP contribution in [0, 0.1) is 0 Å². The van der Waals surface area contributed by atoms with Gasteiger partial charge in [0.05, 0.1) is 11.4 Å². The predicted molar refractivity (Wildman–Crippen MR) is 54.1 cm³/mol. The molecule has 14 heavy (non-hydrogen) atoms. The Morgan fingerprint density at radius 2 is 1.29 bits per heavy atom. The molecule has 0 fully saturated rings. The second-order valence-corrected chi connectivity index (χ2v) is 3.57. The molecule has 0 spiro atoms. The molecule has 0 atom stereocenters. The molecule has 0 bridgehead atoms. The third-order valence-corrected chi connectivity index (χ3v) is 2.69. The first-order valence-electron chi connectivity index (χ1n) is 4.79. The molecule has 0 saturated heterocycles. The summed E-state index contributed by atoms with van der Waals surface area (Å²) < 4.78 is 0. The first-order chi connectivity index (χ1) is 6.93. The standard InChI is InChI=1S/C12H10N2/c1-2-4-10-8-12-11(7-9(10)3-1)13-5-6-14-12/h1-6H,7-8H2. The van der Waals surface area contributed by atoms with E-state index in [4.69, 9.17) is 0 Å². The number of hydrogen-bond acceptors (Lipinski definition) is 2. The minimum absolute atomic E-state index is 0.930. The van der Waals surface area contributed by atoms with Crippen LogP contribution in [0.15, 0.2) is 36.7 Å². The summed E-state index contributed by atoms with van der Waals surface area (Å²) in [6.45, 7) is 0. The molecular weight excluding hydrogens is 172 g/mol. The van der Waals surface area contributed by atoms with Gasteiger partial charge in [-0.1, -0.05) is 24.3 Å². The van der Waals surface area contributed by atoms with E-state index < -0.39 is 0 Å². The van der Waals surface area contributed by atoms with E-state index in [1.54, 1.807) is 12.4 Å². The monoisotopic (exact) mass is 182 g/mol. The highest BCUT2D eigenvalue weighted by atomic mass is 14.8. The van der Waals surface area contributed by atoms with Crippen LogP contribution in [0.25, 0.3) is 0 Å². The normalized spacial score (nSPS) is 13.1. The van der Waals surface area contributed by atoms with Crippen molar-refractivity contribution < 1.29 is 0 Å². The Hall–Kier alpha value is -1.70. The van der Waals surface area contributed by atoms with Crippen molar-refractivity contribution in [2.45, 2.75) is 12.8 Å². The van der Waals surface area contributed by atoms with E-state index in [0.29, 0.717) is 0 Å². The van der Waals surface area contributed by atoms with Crippen LogP contribution in [0.3, 0.4) is 0 Å². The fraction of sp³-hybridized carbons (Fsp3) is 0.167. The summed E-state index contributed by atoms with van der Waals surface area (Å²) in [6, 6.07) is 8.51. The summed E-state index contributed by atoms with van der Waals surface area (Å²) >= 11 is 0. The third kappa shape index (κ3) is 1.11. The number of rotatable bonds is 0. The van der Waals surface area contributed by atoms with Crippen molar-refractivity contribution in [3.8, 4) is 0 Å². The quantitative estimate of drug-likeness (QED) is 0.531. The molecule has 1 aliphatic rings. The fourth-order valence-electron chi connectivity index (χ4n) is 1.95. The zero-order valence-corrected chi connectivity index (χ0v) is 7.77. The molecule has 2 nitrogen and oxygen atoms in total. The Kier molecular flexibility index (Phi) is 1.60. The Bertz CT molecular complexity index is 390. The highest BCUT2D eigenvalue weighted by molar-refractivity contribution is 5.39. The Balaban J connectivity index is 2.12. The summed E-state index contributed by atoms with van der Waals surface area (Å²) in [5.74, 6) is 0. The van der Waals surface area contributed by atoms with Gasteiger partial charge in [-0.15, -0.1) is 0 Å². The molecule has 2 heteroatoms. The van der Waals surface area contributed by atoms with Crippen LogP contribution in [0.1, 0.15) is 22.5 Å². The van der Waals surface area contributed by atoms with Crippen LogP contribution in [0.2, 0.25) is 0 Å². The average Bonchev–Trinajstić information content (AvgIpc) is 2.26. The van der Waals surface area contributed by atoms with Gasteiger partial charge in [0.15, 0.2) is 0 Å². The molecule has 3 rings (SSSR count). The van der Waals surface area contributed by atoms with E-state index in [9.17, 15) is 0 Å². The maximum Gasteiger partial charge on any atom is 0.0666 e. The molecule has 68 valence electrons. The molecule has 0 amide bonds. The van der Waals surface area contributed by atoms with Gasteiger partial charge in [0.2, 0.25) is 0 Å². The number of hydrogen-bond donors (Lipinski definition) is 0. The Morgan fingerprint density at radius 3 is 1.79 bits per heavy atom. The van der Waals surface area contributed by atoms with Crippen molar-refractivity contribution in [2.75, 3.05) is 0 Å². The van der Waals surface area contributed by atoms with Crippen LogP contribution >= 0.6 is 0 Å². The van der Waals surface area contributed by atoms with Crippen molar-refractivity contribution >= 4 is 0 Å². The van der Waals surface area contributed by atoms with Gasteiger partial charge in [-0.2, -0.15) is 0 Å². The van der Waals surface area contributed by atoms with E-state index in [0.717, 1.165) is 24.2 Å². The summed E-state index contributed by atoms with van der Waals surface area (Å²) in [6.07, 6.45) is 5.40. The lowest BCUT2D eigenvalue weighted by Gasteiger charge is -2.16. The van der Waals surface area contributed by atoms with Crippen LogP contribution in [0.5, 0.6) is 0 Å². The lowest BCUT2D eigenvalue weighted by Crippen LogP contribution is -2.10. The molecule has 0 unspecified atom stereocenters. The number of nitrogens with zero attached hydrogens (tertiary/aromatic N) is 2. The molecule has 2 aromatic rings. The fourth-order valence-corrected chi connectivity index (χ4v) is 1.95. The maximum atomic E-state index is 4.36. The van der Waals surface area contributed by atoms with E-state index in [1.165, 1.54) is 11.1 Å². The molecule has 1 heterocycles. The summed E-state index contributed by atoms with van der Waals surface area (Å²) in [5.41, 5.74) is 5.04. The van der Waals surface area contributed by atoms with Gasteiger partial charge in [0, 0.05) is 25.2 Å². The topological polar surface area (TPSA) is 25.8 Å². The van der Waals surface area contributed by atoms with Gasteiger partial charge in [-0.25, -0.2) is 0 Å². The smallest absolute Gasteiger partial charge is 0.0666 e. The number of fused-ring (bicyclic) bond motifs is 2. The summed E-state index contributed by atoms with van der Waals surface area (Å²) in [4.78, 5) is 8.71. The van der Waals surface area contributed by atoms with Crippen LogP contribution in [-0.2, 0) is 12.8 Å². The first kappa shape index (κ1) is 7.68. The highest BCUT2D eigenvalue weighted by Crippen LogP contribution is 2.23. The minimum atomic E-state index is 0.930. The Morgan fingerprint density at radius 1 is 0.786 bits per heavy atom. The first-order valence-corrected chi connectivity index (χ1v) is 4.79. The molecule has 0 radical (unpaired) electrons. The van der Waals surface area contributed by atoms with Crippen LogP contribution < -0.4 is 0 Å². The van der Waals surface area contributed by atoms with Gasteiger partial charge >= 0.3 is 0 Å². The highest BCUT2D eigenvalue weighted by Gasteiger charge is 2.15. The van der Waals surface area contributed by atoms with Crippen molar-refractivity contribution in [1.82, 2.24) is 9.97 Å². The second-order valence-electron chi connectivity index (χ2n) is 3.57. The van der Waals surface area contributed by atoms with Gasteiger partial charge in [-0.05, 0) is 11.1 Å². The SMILES string of the molecule is c1ccc2c(c1)Cc1nccnc1C2. The number of benzene rings is 1. The molecule has 0 saturated carbocycles. The summed E-state index contributed by atoms with van der Waals surface area (Å²) in [7, 11) is 0. The van der Waals surface area contributed by atoms with Crippen LogP contribution in [0.4, 0.5) is 0 Å². The van der Waals surface area contributed by atoms with Crippen LogP contribution in [-0.4, -0.2) is 9.97 Å². The number of aromatic nitrogens is 2. The van der Waals surface area contributed by atoms with Gasteiger partial charge in [0.25, 0.3) is 0 Å². The molecule has 0 N–H and O–H groups in total. The van der Waals surface area contributed by atoms with Crippen molar-refractivity contribution in [1.29, 1.82) is 0 Å². The molecule has 1 aromatic heterocycles. The molecular formula is C12H10N2. The third-order valence-electron chi connectivity index (χ3n) is 2.69. The van der Waals surface area contributed by atoms with E-state index in [2.05, 4.69) is 34.2 Å². The second kappa shape index (κ2) is 2.91. The zero-order chi connectivity index (χ0) is 9.38. The summed E-state index contributed by atoms with van der Waals surface area (Å²) in [5, 5.41) is 0. The van der Waals surface area contributed by atoms with Gasteiger partial charge < -0.3 is 0 Å². The van der Waals surface area contributed by atoms with Gasteiger partial charge in [-0.3, -0.25) is 9.97 Å². The van der Waals surface area contributed by atoms with E-state index in [1.807, 2.05) is 0 Å². The molecule has 1 aromatic carbocycles. The lowest BCUT2D eigenvalue weighted by atomic mass is 9.92. The Labute approximate surface area is 82.7 Å². The predicted octanol–water partition coefficient (Wildman–Crippen LogP) is 1.97.